The molecular formula is C21H15Cl2N5O2. The topological polar surface area (TPSA) is 85.8 Å². The summed E-state index contributed by atoms with van der Waals surface area (Å²) in [6.07, 6.45) is 5.78. The number of halogens is 2. The van der Waals surface area contributed by atoms with Crippen LogP contribution in [0.3, 0.4) is 0 Å². The molecule has 4 aromatic rings. The van der Waals surface area contributed by atoms with Crippen LogP contribution in [-0.4, -0.2) is 25.5 Å². The van der Waals surface area contributed by atoms with E-state index in [1.54, 1.807) is 47.6 Å². The highest BCUT2D eigenvalue weighted by Gasteiger charge is 2.35. The molecule has 1 aliphatic carbocycles. The Morgan fingerprint density at radius 3 is 2.53 bits per heavy atom. The molecule has 150 valence electrons. The van der Waals surface area contributed by atoms with Gasteiger partial charge in [0.1, 0.15) is 5.76 Å². The molecule has 0 radical (unpaired) electrons. The highest BCUT2D eigenvalue weighted by Crippen LogP contribution is 2.38. The van der Waals surface area contributed by atoms with Crippen LogP contribution in [0.4, 0.5) is 11.5 Å². The van der Waals surface area contributed by atoms with Crippen molar-refractivity contribution >= 4 is 40.5 Å². The number of furan rings is 1. The Morgan fingerprint density at radius 2 is 1.83 bits per heavy atom. The Balaban J connectivity index is 1.62. The Morgan fingerprint density at radius 1 is 1.07 bits per heavy atom. The number of carbonyl (C=O) groups is 1. The van der Waals surface area contributed by atoms with Crippen LogP contribution in [0.2, 0.25) is 10.0 Å². The van der Waals surface area contributed by atoms with Crippen molar-refractivity contribution in [3.8, 4) is 5.95 Å². The number of Topliss-reactive ketones (excluding diaryl/α,β-unsaturated/α-hetero) is 1. The van der Waals surface area contributed by atoms with E-state index < -0.39 is 0 Å². The number of anilines is 2. The second-order valence-electron chi connectivity index (χ2n) is 6.96. The van der Waals surface area contributed by atoms with Crippen LogP contribution >= 0.6 is 23.2 Å². The molecule has 1 atom stereocenters. The van der Waals surface area contributed by atoms with Crippen molar-refractivity contribution in [3.63, 3.8) is 0 Å². The maximum Gasteiger partial charge on any atom is 0.250 e. The summed E-state index contributed by atoms with van der Waals surface area (Å²) in [6, 6.07) is 10.5. The zero-order chi connectivity index (χ0) is 20.7. The molecule has 0 saturated heterocycles. The first-order valence-corrected chi connectivity index (χ1v) is 10.0. The van der Waals surface area contributed by atoms with Crippen LogP contribution in [-0.2, 0) is 6.42 Å². The van der Waals surface area contributed by atoms with Gasteiger partial charge in [0.15, 0.2) is 11.6 Å². The normalized spacial score (nSPS) is 15.8. The number of hydrogen-bond donors (Lipinski definition) is 1. The minimum absolute atomic E-state index is 0.0320. The molecule has 3 aromatic heterocycles. The number of aromatic nitrogens is 4. The van der Waals surface area contributed by atoms with E-state index in [9.17, 15) is 4.79 Å². The van der Waals surface area contributed by atoms with E-state index in [0.29, 0.717) is 45.9 Å². The van der Waals surface area contributed by atoms with Gasteiger partial charge in [-0.1, -0.05) is 23.2 Å². The van der Waals surface area contributed by atoms with Gasteiger partial charge in [-0.15, -0.1) is 5.10 Å². The van der Waals surface area contributed by atoms with Gasteiger partial charge in [0, 0.05) is 46.9 Å². The molecule has 30 heavy (non-hydrogen) atoms. The van der Waals surface area contributed by atoms with Crippen LogP contribution in [0.25, 0.3) is 5.95 Å². The molecule has 0 aliphatic heterocycles. The average Bonchev–Trinajstić information content (AvgIpc) is 3.37. The standard InChI is InChI=1S/C21H15Cl2N5O2/c22-13-9-14(23)11-15(10-13)26-20-19-16(28(27-20)21-24-4-2-5-25-21)7-12(8-17(19)29)18-3-1-6-30-18/h1-6,9-12H,7-8H2,(H,26,27). The van der Waals surface area contributed by atoms with Crippen molar-refractivity contribution in [2.45, 2.75) is 18.8 Å². The molecule has 0 fully saturated rings. The highest BCUT2D eigenvalue weighted by atomic mass is 35.5. The monoisotopic (exact) mass is 439 g/mol. The fraction of sp³-hybridized carbons (Fsp3) is 0.143. The summed E-state index contributed by atoms with van der Waals surface area (Å²) in [4.78, 5) is 21.8. The lowest BCUT2D eigenvalue weighted by molar-refractivity contribution is 0.0960. The quantitative estimate of drug-likeness (QED) is 0.469. The first kappa shape index (κ1) is 18.8. The van der Waals surface area contributed by atoms with Crippen molar-refractivity contribution in [1.29, 1.82) is 0 Å². The molecule has 0 spiro atoms. The third-order valence-electron chi connectivity index (χ3n) is 4.94. The van der Waals surface area contributed by atoms with Gasteiger partial charge >= 0.3 is 0 Å². The number of ketones is 1. The van der Waals surface area contributed by atoms with Gasteiger partial charge < -0.3 is 9.73 Å². The number of benzene rings is 1. The van der Waals surface area contributed by atoms with Gasteiger partial charge in [0.05, 0.1) is 17.5 Å². The fourth-order valence-corrected chi connectivity index (χ4v) is 4.23. The maximum atomic E-state index is 13.2. The van der Waals surface area contributed by atoms with E-state index in [2.05, 4.69) is 20.4 Å². The van der Waals surface area contributed by atoms with Crippen LogP contribution in [0.5, 0.6) is 0 Å². The van der Waals surface area contributed by atoms with Crippen LogP contribution < -0.4 is 5.32 Å². The van der Waals surface area contributed by atoms with Gasteiger partial charge in [-0.05, 0) is 36.4 Å². The molecule has 1 unspecified atom stereocenters. The SMILES string of the molecule is O=C1CC(c2ccco2)Cc2c1c(Nc1cc(Cl)cc(Cl)c1)nn2-c1ncccn1. The van der Waals surface area contributed by atoms with Crippen LogP contribution in [0.15, 0.2) is 59.5 Å². The zero-order valence-corrected chi connectivity index (χ0v) is 17.1. The van der Waals surface area contributed by atoms with Gasteiger partial charge in [-0.3, -0.25) is 4.79 Å². The van der Waals surface area contributed by atoms with Crippen molar-refractivity contribution < 1.29 is 9.21 Å². The molecule has 0 bridgehead atoms. The van der Waals surface area contributed by atoms with Crippen molar-refractivity contribution in [3.05, 3.63) is 82.1 Å². The number of nitrogens with zero attached hydrogens (tertiary/aromatic N) is 4. The smallest absolute Gasteiger partial charge is 0.250 e. The third kappa shape index (κ3) is 3.46. The second kappa shape index (κ2) is 7.59. The lowest BCUT2D eigenvalue weighted by Gasteiger charge is -2.20. The largest absolute Gasteiger partial charge is 0.469 e. The Bertz CT molecular complexity index is 1200. The minimum atomic E-state index is -0.0763. The lowest BCUT2D eigenvalue weighted by atomic mass is 9.85. The Hall–Kier alpha value is -3.16. The minimum Gasteiger partial charge on any atom is -0.469 e. The van der Waals surface area contributed by atoms with E-state index in [0.717, 1.165) is 11.5 Å². The molecule has 0 amide bonds. The molecule has 5 rings (SSSR count). The molecule has 0 saturated carbocycles. The predicted octanol–water partition coefficient (Wildman–Crippen LogP) is 5.22. The Labute approximate surface area is 181 Å². The van der Waals surface area contributed by atoms with Crippen molar-refractivity contribution in [2.24, 2.45) is 0 Å². The highest BCUT2D eigenvalue weighted by molar-refractivity contribution is 6.35. The van der Waals surface area contributed by atoms with E-state index in [-0.39, 0.29) is 11.7 Å². The molecule has 9 heteroatoms. The van der Waals surface area contributed by atoms with Crippen molar-refractivity contribution in [2.75, 3.05) is 5.32 Å². The molecule has 3 heterocycles. The first-order chi connectivity index (χ1) is 14.6. The summed E-state index contributed by atoms with van der Waals surface area (Å²) in [6.45, 7) is 0. The van der Waals surface area contributed by atoms with Crippen molar-refractivity contribution in [1.82, 2.24) is 19.7 Å². The number of rotatable bonds is 4. The third-order valence-corrected chi connectivity index (χ3v) is 5.38. The summed E-state index contributed by atoms with van der Waals surface area (Å²) in [5.41, 5.74) is 1.88. The molecule has 1 aromatic carbocycles. The number of carbonyl (C=O) groups excluding carboxylic acids is 1. The molecular weight excluding hydrogens is 425 g/mol. The number of hydrogen-bond acceptors (Lipinski definition) is 6. The predicted molar refractivity (Wildman–Crippen MR) is 113 cm³/mol. The Kier molecular flexibility index (Phi) is 4.77. The first-order valence-electron chi connectivity index (χ1n) is 9.27. The lowest BCUT2D eigenvalue weighted by Crippen LogP contribution is -2.21. The van der Waals surface area contributed by atoms with Crippen LogP contribution in [0.1, 0.15) is 34.2 Å². The summed E-state index contributed by atoms with van der Waals surface area (Å²) in [5.74, 6) is 1.47. The average molecular weight is 440 g/mol. The maximum absolute atomic E-state index is 13.2. The van der Waals surface area contributed by atoms with Gasteiger partial charge in [0.25, 0.3) is 5.95 Å². The van der Waals surface area contributed by atoms with E-state index in [1.807, 2.05) is 12.1 Å². The van der Waals surface area contributed by atoms with Gasteiger partial charge in [-0.2, -0.15) is 0 Å². The van der Waals surface area contributed by atoms with E-state index in [1.165, 1.54) is 0 Å². The van der Waals surface area contributed by atoms with E-state index in [4.69, 9.17) is 27.6 Å². The number of nitrogens with one attached hydrogen (secondary N) is 1. The summed E-state index contributed by atoms with van der Waals surface area (Å²) in [7, 11) is 0. The fourth-order valence-electron chi connectivity index (χ4n) is 3.71. The summed E-state index contributed by atoms with van der Waals surface area (Å²) in [5, 5.41) is 8.77. The van der Waals surface area contributed by atoms with Gasteiger partial charge in [0.2, 0.25) is 0 Å². The zero-order valence-electron chi connectivity index (χ0n) is 15.5. The number of fused-ring (bicyclic) bond motifs is 1. The second-order valence-corrected chi connectivity index (χ2v) is 7.83. The molecule has 7 nitrogen and oxygen atoms in total. The van der Waals surface area contributed by atoms with Crippen LogP contribution in [0, 0.1) is 0 Å². The molecule has 1 N–H and O–H groups in total. The summed E-state index contributed by atoms with van der Waals surface area (Å²) >= 11 is 12.2. The van der Waals surface area contributed by atoms with Gasteiger partial charge in [-0.25, -0.2) is 14.6 Å². The summed E-state index contributed by atoms with van der Waals surface area (Å²) < 4.78 is 7.16. The molecule has 1 aliphatic rings. The van der Waals surface area contributed by atoms with E-state index >= 15 is 0 Å².